The molecule has 0 aliphatic rings. The molecule has 0 fully saturated rings. The largest absolute Gasteiger partial charge is 0.504 e. The molecular formula is C14H11F3O2. The zero-order valence-electron chi connectivity index (χ0n) is 10.0. The number of hydrogen-bond donors (Lipinski definition) is 1. The van der Waals surface area contributed by atoms with Crippen molar-refractivity contribution in [1.82, 2.24) is 0 Å². The minimum absolute atomic E-state index is 0.0572. The lowest BCUT2D eigenvalue weighted by Crippen LogP contribution is -2.04. The van der Waals surface area contributed by atoms with E-state index in [1.165, 1.54) is 31.4 Å². The molecule has 0 aliphatic carbocycles. The van der Waals surface area contributed by atoms with Crippen LogP contribution in [0.5, 0.6) is 11.5 Å². The van der Waals surface area contributed by atoms with Gasteiger partial charge in [0.25, 0.3) is 0 Å². The normalized spacial score (nSPS) is 11.4. The van der Waals surface area contributed by atoms with E-state index in [0.29, 0.717) is 11.1 Å². The molecule has 5 heteroatoms. The van der Waals surface area contributed by atoms with Crippen molar-refractivity contribution in [3.63, 3.8) is 0 Å². The van der Waals surface area contributed by atoms with Crippen LogP contribution >= 0.6 is 0 Å². The van der Waals surface area contributed by atoms with E-state index in [1.807, 2.05) is 0 Å². The van der Waals surface area contributed by atoms with E-state index in [0.717, 1.165) is 12.1 Å². The Morgan fingerprint density at radius 1 is 1.00 bits per heavy atom. The third kappa shape index (κ3) is 2.81. The van der Waals surface area contributed by atoms with E-state index < -0.39 is 11.7 Å². The summed E-state index contributed by atoms with van der Waals surface area (Å²) in [6, 6.07) is 9.40. The van der Waals surface area contributed by atoms with Crippen LogP contribution in [0.4, 0.5) is 13.2 Å². The summed E-state index contributed by atoms with van der Waals surface area (Å²) in [7, 11) is 1.38. The molecule has 0 saturated heterocycles. The second kappa shape index (κ2) is 4.84. The first-order valence-corrected chi connectivity index (χ1v) is 5.46. The predicted molar refractivity (Wildman–Crippen MR) is 65.1 cm³/mol. The summed E-state index contributed by atoms with van der Waals surface area (Å²) in [6.45, 7) is 0. The van der Waals surface area contributed by atoms with E-state index in [4.69, 9.17) is 4.74 Å². The Hall–Kier alpha value is -2.17. The predicted octanol–water partition coefficient (Wildman–Crippen LogP) is 4.09. The molecule has 1 N–H and O–H groups in total. The molecule has 0 aromatic heterocycles. The number of aromatic hydroxyl groups is 1. The van der Waals surface area contributed by atoms with Crippen LogP contribution < -0.4 is 4.74 Å². The van der Waals surface area contributed by atoms with Gasteiger partial charge in [-0.3, -0.25) is 0 Å². The van der Waals surface area contributed by atoms with Crippen LogP contribution in [0, 0.1) is 0 Å². The lowest BCUT2D eigenvalue weighted by Gasteiger charge is -2.10. The summed E-state index contributed by atoms with van der Waals surface area (Å²) < 4.78 is 42.8. The first kappa shape index (κ1) is 13.3. The number of rotatable bonds is 2. The van der Waals surface area contributed by atoms with Gasteiger partial charge in [0.2, 0.25) is 0 Å². The van der Waals surface area contributed by atoms with Gasteiger partial charge in [-0.25, -0.2) is 0 Å². The molecule has 0 bridgehead atoms. The lowest BCUT2D eigenvalue weighted by molar-refractivity contribution is -0.137. The number of hydrogen-bond acceptors (Lipinski definition) is 2. The number of halogens is 3. The standard InChI is InChI=1S/C14H11F3O2/c1-19-13-8-10(5-6-12(13)18)9-3-2-4-11(7-9)14(15,16)17/h2-8,18H,1H3. The minimum atomic E-state index is -4.38. The Labute approximate surface area is 108 Å². The van der Waals surface area contributed by atoms with Crippen molar-refractivity contribution < 1.29 is 23.0 Å². The van der Waals surface area contributed by atoms with Crippen LogP contribution in [-0.4, -0.2) is 12.2 Å². The summed E-state index contributed by atoms with van der Waals surface area (Å²) in [5, 5.41) is 9.46. The number of benzene rings is 2. The Morgan fingerprint density at radius 3 is 2.32 bits per heavy atom. The van der Waals surface area contributed by atoms with E-state index >= 15 is 0 Å². The Morgan fingerprint density at radius 2 is 1.68 bits per heavy atom. The molecule has 0 amide bonds. The fourth-order valence-corrected chi connectivity index (χ4v) is 1.73. The molecule has 0 aliphatic heterocycles. The molecule has 19 heavy (non-hydrogen) atoms. The van der Waals surface area contributed by atoms with E-state index in [2.05, 4.69) is 0 Å². The van der Waals surface area contributed by atoms with E-state index in [-0.39, 0.29) is 11.5 Å². The average molecular weight is 268 g/mol. The molecule has 0 unspecified atom stereocenters. The van der Waals surface area contributed by atoms with Gasteiger partial charge >= 0.3 is 6.18 Å². The van der Waals surface area contributed by atoms with Crippen molar-refractivity contribution in [2.45, 2.75) is 6.18 Å². The van der Waals surface area contributed by atoms with Crippen molar-refractivity contribution in [3.05, 3.63) is 48.0 Å². The van der Waals surface area contributed by atoms with Crippen LogP contribution in [0.15, 0.2) is 42.5 Å². The van der Waals surface area contributed by atoms with Crippen molar-refractivity contribution in [2.24, 2.45) is 0 Å². The van der Waals surface area contributed by atoms with Gasteiger partial charge in [0.05, 0.1) is 12.7 Å². The summed E-state index contributed by atoms with van der Waals surface area (Å²) in [4.78, 5) is 0. The number of methoxy groups -OCH3 is 1. The third-order valence-corrected chi connectivity index (χ3v) is 2.70. The van der Waals surface area contributed by atoms with Gasteiger partial charge < -0.3 is 9.84 Å². The maximum Gasteiger partial charge on any atom is 0.416 e. The molecule has 2 nitrogen and oxygen atoms in total. The smallest absolute Gasteiger partial charge is 0.416 e. The average Bonchev–Trinajstić information content (AvgIpc) is 2.38. The Kier molecular flexibility index (Phi) is 3.38. The quantitative estimate of drug-likeness (QED) is 0.889. The summed E-state index contributed by atoms with van der Waals surface area (Å²) >= 11 is 0. The molecule has 0 atom stereocenters. The summed E-state index contributed by atoms with van der Waals surface area (Å²) in [6.07, 6.45) is -4.38. The van der Waals surface area contributed by atoms with Crippen LogP contribution in [-0.2, 0) is 6.18 Å². The lowest BCUT2D eigenvalue weighted by atomic mass is 10.0. The van der Waals surface area contributed by atoms with Gasteiger partial charge in [0.1, 0.15) is 0 Å². The SMILES string of the molecule is COc1cc(-c2cccc(C(F)(F)F)c2)ccc1O. The van der Waals surface area contributed by atoms with Crippen molar-refractivity contribution in [1.29, 1.82) is 0 Å². The number of phenolic OH excluding ortho intramolecular Hbond substituents is 1. The highest BCUT2D eigenvalue weighted by Gasteiger charge is 2.30. The van der Waals surface area contributed by atoms with Gasteiger partial charge in [0.15, 0.2) is 11.5 Å². The molecule has 0 heterocycles. The molecule has 100 valence electrons. The van der Waals surface area contributed by atoms with Gasteiger partial charge in [-0.15, -0.1) is 0 Å². The van der Waals surface area contributed by atoms with Crippen molar-refractivity contribution >= 4 is 0 Å². The maximum atomic E-state index is 12.6. The Bertz CT molecular complexity index is 591. The summed E-state index contributed by atoms with van der Waals surface area (Å²) in [5.41, 5.74) is 0.242. The molecule has 2 rings (SSSR count). The maximum absolute atomic E-state index is 12.6. The first-order valence-electron chi connectivity index (χ1n) is 5.46. The van der Waals surface area contributed by atoms with E-state index in [1.54, 1.807) is 6.07 Å². The molecule has 0 spiro atoms. The number of alkyl halides is 3. The van der Waals surface area contributed by atoms with Crippen molar-refractivity contribution in [3.8, 4) is 22.6 Å². The van der Waals surface area contributed by atoms with Gasteiger partial charge in [-0.1, -0.05) is 18.2 Å². The van der Waals surface area contributed by atoms with Crippen molar-refractivity contribution in [2.75, 3.05) is 7.11 Å². The monoisotopic (exact) mass is 268 g/mol. The zero-order valence-corrected chi connectivity index (χ0v) is 10.0. The second-order valence-electron chi connectivity index (χ2n) is 3.97. The third-order valence-electron chi connectivity index (χ3n) is 2.70. The number of ether oxygens (including phenoxy) is 1. The molecule has 2 aromatic carbocycles. The topological polar surface area (TPSA) is 29.5 Å². The van der Waals surface area contributed by atoms with Gasteiger partial charge in [0, 0.05) is 0 Å². The molecule has 0 radical (unpaired) electrons. The highest BCUT2D eigenvalue weighted by Crippen LogP contribution is 2.35. The van der Waals surface area contributed by atoms with Crippen LogP contribution in [0.25, 0.3) is 11.1 Å². The zero-order chi connectivity index (χ0) is 14.0. The molecule has 0 saturated carbocycles. The van der Waals surface area contributed by atoms with Crippen LogP contribution in [0.1, 0.15) is 5.56 Å². The van der Waals surface area contributed by atoms with Crippen LogP contribution in [0.3, 0.4) is 0 Å². The van der Waals surface area contributed by atoms with E-state index in [9.17, 15) is 18.3 Å². The fourth-order valence-electron chi connectivity index (χ4n) is 1.73. The minimum Gasteiger partial charge on any atom is -0.504 e. The second-order valence-corrected chi connectivity index (χ2v) is 3.97. The van der Waals surface area contributed by atoms with Crippen LogP contribution in [0.2, 0.25) is 0 Å². The number of phenols is 1. The highest BCUT2D eigenvalue weighted by atomic mass is 19.4. The molecule has 2 aromatic rings. The Balaban J connectivity index is 2.47. The fraction of sp³-hybridized carbons (Fsp3) is 0.143. The van der Waals surface area contributed by atoms with Gasteiger partial charge in [-0.2, -0.15) is 13.2 Å². The van der Waals surface area contributed by atoms with Gasteiger partial charge in [-0.05, 0) is 35.4 Å². The summed E-state index contributed by atoms with van der Waals surface area (Å²) in [5.74, 6) is 0.160. The highest BCUT2D eigenvalue weighted by molar-refractivity contribution is 5.67. The first-order chi connectivity index (χ1) is 8.91. The molecular weight excluding hydrogens is 257 g/mol.